The van der Waals surface area contributed by atoms with Crippen LogP contribution in [-0.2, 0) is 5.41 Å². The Kier molecular flexibility index (Phi) is 4.39. The second kappa shape index (κ2) is 6.88. The lowest BCUT2D eigenvalue weighted by Gasteiger charge is -2.10. The Morgan fingerprint density at radius 2 is 1.75 bits per heavy atom. The average molecular weight is 372 g/mol. The van der Waals surface area contributed by atoms with Crippen molar-refractivity contribution in [1.29, 1.82) is 0 Å². The summed E-state index contributed by atoms with van der Waals surface area (Å²) < 4.78 is 5.34. The van der Waals surface area contributed by atoms with Crippen molar-refractivity contribution in [2.75, 3.05) is 5.32 Å². The molecule has 2 aromatic carbocycles. The molecule has 0 bridgehead atoms. The predicted octanol–water partition coefficient (Wildman–Crippen LogP) is 4.83. The summed E-state index contributed by atoms with van der Waals surface area (Å²) in [5, 5.41) is 8.73. The number of fused-ring (bicyclic) bond motifs is 1. The molecule has 28 heavy (non-hydrogen) atoms. The first-order valence-corrected chi connectivity index (χ1v) is 9.01. The summed E-state index contributed by atoms with van der Waals surface area (Å²) in [6.07, 6.45) is 1.64. The van der Waals surface area contributed by atoms with E-state index in [9.17, 15) is 4.79 Å². The van der Waals surface area contributed by atoms with Crippen LogP contribution in [0.2, 0.25) is 0 Å². The zero-order chi connectivity index (χ0) is 19.7. The molecule has 6 heteroatoms. The maximum absolute atomic E-state index is 12.7. The van der Waals surface area contributed by atoms with Crippen LogP contribution in [0.4, 0.5) is 5.69 Å². The van der Waals surface area contributed by atoms with Gasteiger partial charge in [0.15, 0.2) is 0 Å². The lowest BCUT2D eigenvalue weighted by atomic mass is 9.97. The minimum atomic E-state index is -0.251. The minimum Gasteiger partial charge on any atom is -0.338 e. The Bertz CT molecular complexity index is 1140. The van der Waals surface area contributed by atoms with Gasteiger partial charge >= 0.3 is 0 Å². The van der Waals surface area contributed by atoms with Crippen LogP contribution in [0.15, 0.2) is 65.3 Å². The number of nitrogens with one attached hydrogen (secondary N) is 1. The SMILES string of the molecule is CC(C)(C)c1nc(-c2ccc(NC(=O)c3nccc4ccccc34)cc2)no1. The lowest BCUT2D eigenvalue weighted by Crippen LogP contribution is -2.14. The third-order valence-corrected chi connectivity index (χ3v) is 4.36. The number of aromatic nitrogens is 3. The van der Waals surface area contributed by atoms with Crippen molar-refractivity contribution in [3.05, 3.63) is 72.4 Å². The van der Waals surface area contributed by atoms with E-state index in [0.29, 0.717) is 23.1 Å². The van der Waals surface area contributed by atoms with Crippen LogP contribution in [0.1, 0.15) is 37.2 Å². The predicted molar refractivity (Wildman–Crippen MR) is 108 cm³/mol. The van der Waals surface area contributed by atoms with Gasteiger partial charge in [-0.05, 0) is 35.7 Å². The molecule has 0 saturated heterocycles. The van der Waals surface area contributed by atoms with Crippen molar-refractivity contribution in [2.45, 2.75) is 26.2 Å². The third-order valence-electron chi connectivity index (χ3n) is 4.36. The number of benzene rings is 2. The molecule has 0 unspecified atom stereocenters. The highest BCUT2D eigenvalue weighted by Gasteiger charge is 2.22. The number of amides is 1. The van der Waals surface area contributed by atoms with Gasteiger partial charge in [0, 0.05) is 28.2 Å². The first-order valence-electron chi connectivity index (χ1n) is 9.01. The summed E-state index contributed by atoms with van der Waals surface area (Å²) >= 11 is 0. The number of hydrogen-bond acceptors (Lipinski definition) is 5. The number of rotatable bonds is 3. The van der Waals surface area contributed by atoms with E-state index in [1.54, 1.807) is 6.20 Å². The summed E-state index contributed by atoms with van der Waals surface area (Å²) in [5.74, 6) is 0.861. The molecular weight excluding hydrogens is 352 g/mol. The van der Waals surface area contributed by atoms with E-state index in [4.69, 9.17) is 4.52 Å². The molecular formula is C22H20N4O2. The molecule has 0 aliphatic rings. The number of nitrogens with zero attached hydrogens (tertiary/aromatic N) is 3. The van der Waals surface area contributed by atoms with Crippen LogP contribution in [0.25, 0.3) is 22.2 Å². The van der Waals surface area contributed by atoms with Gasteiger partial charge in [0.1, 0.15) is 5.69 Å². The fourth-order valence-electron chi connectivity index (χ4n) is 2.84. The standard InChI is InChI=1S/C22H20N4O2/c1-22(2,3)21-25-19(26-28-21)15-8-10-16(11-9-15)24-20(27)18-17-7-5-4-6-14(17)12-13-23-18/h4-13H,1-3H3,(H,24,27). The van der Waals surface area contributed by atoms with E-state index in [1.165, 1.54) is 0 Å². The topological polar surface area (TPSA) is 80.9 Å². The maximum atomic E-state index is 12.7. The number of hydrogen-bond donors (Lipinski definition) is 1. The van der Waals surface area contributed by atoms with Gasteiger partial charge in [0.25, 0.3) is 5.91 Å². The molecule has 4 rings (SSSR count). The zero-order valence-corrected chi connectivity index (χ0v) is 15.9. The quantitative estimate of drug-likeness (QED) is 0.557. The molecule has 0 aliphatic carbocycles. The molecule has 1 amide bonds. The molecule has 0 spiro atoms. The molecule has 0 atom stereocenters. The van der Waals surface area contributed by atoms with Crippen molar-refractivity contribution in [1.82, 2.24) is 15.1 Å². The molecule has 0 aliphatic heterocycles. The molecule has 0 radical (unpaired) electrons. The highest BCUT2D eigenvalue weighted by Crippen LogP contribution is 2.25. The van der Waals surface area contributed by atoms with Crippen LogP contribution >= 0.6 is 0 Å². The van der Waals surface area contributed by atoms with Crippen LogP contribution < -0.4 is 5.32 Å². The Morgan fingerprint density at radius 1 is 1.00 bits per heavy atom. The summed E-state index contributed by atoms with van der Waals surface area (Å²) in [7, 11) is 0. The van der Waals surface area contributed by atoms with Crippen molar-refractivity contribution in [2.24, 2.45) is 0 Å². The fraction of sp³-hybridized carbons (Fsp3) is 0.182. The monoisotopic (exact) mass is 372 g/mol. The number of carbonyl (C=O) groups is 1. The molecule has 2 aromatic heterocycles. The van der Waals surface area contributed by atoms with Gasteiger partial charge in [-0.25, -0.2) is 0 Å². The summed E-state index contributed by atoms with van der Waals surface area (Å²) in [6, 6.07) is 16.9. The molecule has 0 fully saturated rings. The molecule has 1 N–H and O–H groups in total. The second-order valence-electron chi connectivity index (χ2n) is 7.59. The normalized spacial score (nSPS) is 11.5. The van der Waals surface area contributed by atoms with Crippen molar-refractivity contribution in [3.63, 3.8) is 0 Å². The van der Waals surface area contributed by atoms with Gasteiger partial charge in [0.05, 0.1) is 0 Å². The Labute approximate surface area is 162 Å². The summed E-state index contributed by atoms with van der Waals surface area (Å²) in [6.45, 7) is 6.05. The molecule has 2 heterocycles. The molecule has 6 nitrogen and oxygen atoms in total. The number of pyridine rings is 1. The van der Waals surface area contributed by atoms with Gasteiger partial charge in [0.2, 0.25) is 11.7 Å². The van der Waals surface area contributed by atoms with Gasteiger partial charge < -0.3 is 9.84 Å². The van der Waals surface area contributed by atoms with Crippen LogP contribution in [0.3, 0.4) is 0 Å². The lowest BCUT2D eigenvalue weighted by molar-refractivity contribution is 0.102. The number of carbonyl (C=O) groups excluding carboxylic acids is 1. The van der Waals surface area contributed by atoms with Gasteiger partial charge in [-0.15, -0.1) is 0 Å². The first kappa shape index (κ1) is 17.9. The van der Waals surface area contributed by atoms with E-state index in [2.05, 4.69) is 20.4 Å². The Balaban J connectivity index is 1.54. The van der Waals surface area contributed by atoms with Crippen LogP contribution in [0.5, 0.6) is 0 Å². The first-order chi connectivity index (χ1) is 13.4. The minimum absolute atomic E-state index is 0.204. The van der Waals surface area contributed by atoms with E-state index >= 15 is 0 Å². The molecule has 140 valence electrons. The van der Waals surface area contributed by atoms with E-state index in [0.717, 1.165) is 16.3 Å². The van der Waals surface area contributed by atoms with E-state index in [-0.39, 0.29) is 11.3 Å². The zero-order valence-electron chi connectivity index (χ0n) is 15.9. The maximum Gasteiger partial charge on any atom is 0.274 e. The fourth-order valence-corrected chi connectivity index (χ4v) is 2.84. The highest BCUT2D eigenvalue weighted by molar-refractivity contribution is 6.11. The molecule has 0 saturated carbocycles. The second-order valence-corrected chi connectivity index (χ2v) is 7.59. The van der Waals surface area contributed by atoms with E-state index < -0.39 is 0 Å². The highest BCUT2D eigenvalue weighted by atomic mass is 16.5. The smallest absolute Gasteiger partial charge is 0.274 e. The van der Waals surface area contributed by atoms with Crippen molar-refractivity contribution >= 4 is 22.4 Å². The number of anilines is 1. The summed E-state index contributed by atoms with van der Waals surface area (Å²) in [5.41, 5.74) is 1.68. The third kappa shape index (κ3) is 3.49. The Hall–Kier alpha value is -3.54. The van der Waals surface area contributed by atoms with Crippen LogP contribution in [-0.4, -0.2) is 21.0 Å². The van der Waals surface area contributed by atoms with Gasteiger partial charge in [-0.1, -0.05) is 50.2 Å². The average Bonchev–Trinajstić information content (AvgIpc) is 3.19. The Morgan fingerprint density at radius 3 is 2.46 bits per heavy atom. The van der Waals surface area contributed by atoms with E-state index in [1.807, 2.05) is 75.4 Å². The molecule has 4 aromatic rings. The van der Waals surface area contributed by atoms with Crippen molar-refractivity contribution in [3.8, 4) is 11.4 Å². The van der Waals surface area contributed by atoms with Gasteiger partial charge in [-0.3, -0.25) is 9.78 Å². The summed E-state index contributed by atoms with van der Waals surface area (Å²) in [4.78, 5) is 21.4. The van der Waals surface area contributed by atoms with Gasteiger partial charge in [-0.2, -0.15) is 4.98 Å². The van der Waals surface area contributed by atoms with Crippen molar-refractivity contribution < 1.29 is 9.32 Å². The van der Waals surface area contributed by atoms with Crippen LogP contribution in [0, 0.1) is 0 Å². The largest absolute Gasteiger partial charge is 0.338 e.